The van der Waals surface area contributed by atoms with Crippen molar-refractivity contribution in [2.45, 2.75) is 32.2 Å². The lowest BCUT2D eigenvalue weighted by Gasteiger charge is -2.32. The molecule has 160 valence electrons. The number of nitrogens with zero attached hydrogens (tertiary/aromatic N) is 2. The van der Waals surface area contributed by atoms with Gasteiger partial charge in [0.15, 0.2) is 0 Å². The molecule has 30 heavy (non-hydrogen) atoms. The molecule has 0 saturated carbocycles. The van der Waals surface area contributed by atoms with E-state index in [1.54, 1.807) is 25.2 Å². The van der Waals surface area contributed by atoms with Crippen LogP contribution in [0.3, 0.4) is 0 Å². The Kier molecular flexibility index (Phi) is 6.63. The van der Waals surface area contributed by atoms with Crippen molar-refractivity contribution < 1.29 is 8.78 Å². The minimum absolute atomic E-state index is 0.0694. The molecule has 1 aliphatic heterocycles. The van der Waals surface area contributed by atoms with Crippen LogP contribution in [-0.4, -0.2) is 36.3 Å². The molecule has 1 saturated heterocycles. The molecule has 0 spiro atoms. The van der Waals surface area contributed by atoms with E-state index < -0.39 is 11.6 Å². The molecule has 0 unspecified atom stereocenters. The van der Waals surface area contributed by atoms with Crippen LogP contribution in [0.25, 0.3) is 5.70 Å². The molecule has 0 radical (unpaired) electrons. The number of nitrogens with two attached hydrogens (primary N) is 1. The van der Waals surface area contributed by atoms with Crippen LogP contribution in [0.1, 0.15) is 37.8 Å². The minimum Gasteiger partial charge on any atom is -0.398 e. The van der Waals surface area contributed by atoms with Gasteiger partial charge in [-0.15, -0.1) is 0 Å². The van der Waals surface area contributed by atoms with Gasteiger partial charge in [-0.3, -0.25) is 9.89 Å². The Labute approximate surface area is 182 Å². The predicted octanol–water partition coefficient (Wildman–Crippen LogP) is 5.50. The third-order valence-electron chi connectivity index (χ3n) is 5.75. The molecule has 0 aromatic heterocycles. The highest BCUT2D eigenvalue weighted by molar-refractivity contribution is 6.30. The summed E-state index contributed by atoms with van der Waals surface area (Å²) in [4.78, 5) is 6.81. The fraction of sp³-hybridized carbons (Fsp3) is 0.375. The standard InChI is InChI=1S/C24H28ClF2N3/c1-24(2,3)30-13-19(18-10-9-17(26)11-21(18)27)20(14-30)23(29-4)12-22(28)15-5-7-16(25)8-6-15/h5-12,19-20H,13-14,28H2,1-4H3/b22-12-,29-23?/t19-,20+/m0/s1. The second kappa shape index (κ2) is 8.86. The van der Waals surface area contributed by atoms with Gasteiger partial charge in [-0.1, -0.05) is 29.8 Å². The van der Waals surface area contributed by atoms with E-state index in [1.807, 2.05) is 18.2 Å². The van der Waals surface area contributed by atoms with Gasteiger partial charge in [0.1, 0.15) is 11.6 Å². The molecule has 3 nitrogen and oxygen atoms in total. The van der Waals surface area contributed by atoms with Gasteiger partial charge in [-0.2, -0.15) is 0 Å². The molecule has 2 atom stereocenters. The van der Waals surface area contributed by atoms with Crippen LogP contribution in [0.15, 0.2) is 53.5 Å². The summed E-state index contributed by atoms with van der Waals surface area (Å²) in [5, 5.41) is 0.638. The topological polar surface area (TPSA) is 41.6 Å². The molecular weight excluding hydrogens is 404 g/mol. The van der Waals surface area contributed by atoms with Crippen LogP contribution in [0.5, 0.6) is 0 Å². The van der Waals surface area contributed by atoms with Crippen LogP contribution >= 0.6 is 11.6 Å². The molecule has 0 aliphatic carbocycles. The second-order valence-corrected chi connectivity index (χ2v) is 9.15. The maximum Gasteiger partial charge on any atom is 0.129 e. The van der Waals surface area contributed by atoms with Gasteiger partial charge >= 0.3 is 0 Å². The van der Waals surface area contributed by atoms with Gasteiger partial charge < -0.3 is 5.73 Å². The Bertz CT molecular complexity index is 961. The highest BCUT2D eigenvalue weighted by Crippen LogP contribution is 2.38. The number of rotatable bonds is 4. The summed E-state index contributed by atoms with van der Waals surface area (Å²) in [6.07, 6.45) is 1.86. The Hall–Kier alpha value is -2.24. The van der Waals surface area contributed by atoms with Gasteiger partial charge in [-0.25, -0.2) is 8.78 Å². The fourth-order valence-electron chi connectivity index (χ4n) is 3.99. The molecule has 1 heterocycles. The number of hydrogen-bond donors (Lipinski definition) is 1. The molecule has 2 aromatic carbocycles. The van der Waals surface area contributed by atoms with Gasteiger partial charge in [0, 0.05) is 60.0 Å². The molecule has 1 aliphatic rings. The molecule has 6 heteroatoms. The van der Waals surface area contributed by atoms with E-state index in [0.29, 0.717) is 29.4 Å². The number of aliphatic imine (C=N–C) groups is 1. The van der Waals surface area contributed by atoms with Crippen molar-refractivity contribution in [2.75, 3.05) is 20.1 Å². The van der Waals surface area contributed by atoms with E-state index in [0.717, 1.165) is 17.3 Å². The largest absolute Gasteiger partial charge is 0.398 e. The Morgan fingerprint density at radius 3 is 2.37 bits per heavy atom. The number of hydrogen-bond acceptors (Lipinski definition) is 3. The number of benzene rings is 2. The normalized spacial score (nSPS) is 21.3. The monoisotopic (exact) mass is 431 g/mol. The van der Waals surface area contributed by atoms with Crippen LogP contribution in [-0.2, 0) is 0 Å². The van der Waals surface area contributed by atoms with Gasteiger partial charge in [0.25, 0.3) is 0 Å². The summed E-state index contributed by atoms with van der Waals surface area (Å²) in [6.45, 7) is 7.77. The summed E-state index contributed by atoms with van der Waals surface area (Å²) in [5.41, 5.74) is 8.97. The fourth-order valence-corrected chi connectivity index (χ4v) is 4.12. The zero-order chi connectivity index (χ0) is 22.1. The zero-order valence-electron chi connectivity index (χ0n) is 17.8. The third kappa shape index (κ3) is 4.90. The lowest BCUT2D eigenvalue weighted by atomic mass is 9.84. The summed E-state index contributed by atoms with van der Waals surface area (Å²) in [5.74, 6) is -1.32. The van der Waals surface area contributed by atoms with Crippen molar-refractivity contribution in [3.05, 3.63) is 76.3 Å². The van der Waals surface area contributed by atoms with Crippen molar-refractivity contribution in [2.24, 2.45) is 16.6 Å². The van der Waals surface area contributed by atoms with Crippen LogP contribution in [0.4, 0.5) is 8.78 Å². The highest BCUT2D eigenvalue weighted by Gasteiger charge is 2.41. The summed E-state index contributed by atoms with van der Waals surface area (Å²) >= 11 is 5.97. The SMILES string of the molecule is CN=C(/C=C(\N)c1ccc(Cl)cc1)[C@@H]1CN(C(C)(C)C)C[C@H]1c1ccc(F)cc1F. The predicted molar refractivity (Wildman–Crippen MR) is 121 cm³/mol. The first-order chi connectivity index (χ1) is 14.1. The van der Waals surface area contributed by atoms with E-state index in [-0.39, 0.29) is 17.4 Å². The highest BCUT2D eigenvalue weighted by atomic mass is 35.5. The minimum atomic E-state index is -0.574. The van der Waals surface area contributed by atoms with Crippen molar-refractivity contribution in [3.63, 3.8) is 0 Å². The van der Waals surface area contributed by atoms with Gasteiger partial charge in [-0.05, 0) is 56.2 Å². The first-order valence-corrected chi connectivity index (χ1v) is 10.4. The average molecular weight is 432 g/mol. The Morgan fingerprint density at radius 2 is 1.80 bits per heavy atom. The molecule has 0 bridgehead atoms. The Balaban J connectivity index is 1.99. The van der Waals surface area contributed by atoms with Gasteiger partial charge in [0.05, 0.1) is 0 Å². The van der Waals surface area contributed by atoms with E-state index >= 15 is 0 Å². The number of halogens is 3. The second-order valence-electron chi connectivity index (χ2n) is 8.71. The number of likely N-dealkylation sites (tertiary alicyclic amines) is 1. The summed E-state index contributed by atoms with van der Waals surface area (Å²) in [6, 6.07) is 11.1. The van der Waals surface area contributed by atoms with Crippen molar-refractivity contribution >= 4 is 23.0 Å². The van der Waals surface area contributed by atoms with E-state index in [4.69, 9.17) is 17.3 Å². The molecular formula is C24H28ClF2N3. The van der Waals surface area contributed by atoms with E-state index in [2.05, 4.69) is 30.7 Å². The van der Waals surface area contributed by atoms with Gasteiger partial charge in [0.2, 0.25) is 0 Å². The van der Waals surface area contributed by atoms with Crippen molar-refractivity contribution in [1.82, 2.24) is 4.90 Å². The van der Waals surface area contributed by atoms with Crippen LogP contribution < -0.4 is 5.73 Å². The molecule has 0 amide bonds. The van der Waals surface area contributed by atoms with Crippen molar-refractivity contribution in [1.29, 1.82) is 0 Å². The van der Waals surface area contributed by atoms with E-state index in [1.165, 1.54) is 6.07 Å². The molecule has 1 fully saturated rings. The quantitative estimate of drug-likeness (QED) is 0.649. The zero-order valence-corrected chi connectivity index (χ0v) is 18.5. The number of allylic oxidation sites excluding steroid dienone is 1. The first kappa shape index (κ1) is 22.4. The lowest BCUT2D eigenvalue weighted by Crippen LogP contribution is -2.40. The molecule has 3 rings (SSSR count). The maximum atomic E-state index is 14.7. The maximum absolute atomic E-state index is 14.7. The Morgan fingerprint density at radius 1 is 1.13 bits per heavy atom. The van der Waals surface area contributed by atoms with E-state index in [9.17, 15) is 8.78 Å². The summed E-state index contributed by atoms with van der Waals surface area (Å²) < 4.78 is 28.2. The molecule has 2 N–H and O–H groups in total. The average Bonchev–Trinajstić information content (AvgIpc) is 3.12. The smallest absolute Gasteiger partial charge is 0.129 e. The van der Waals surface area contributed by atoms with Crippen LogP contribution in [0.2, 0.25) is 5.02 Å². The summed E-state index contributed by atoms with van der Waals surface area (Å²) in [7, 11) is 1.72. The van der Waals surface area contributed by atoms with Crippen LogP contribution in [0, 0.1) is 17.6 Å². The third-order valence-corrected chi connectivity index (χ3v) is 6.00. The lowest BCUT2D eigenvalue weighted by molar-refractivity contribution is 0.170. The first-order valence-electron chi connectivity index (χ1n) is 10.00. The molecule has 2 aromatic rings. The van der Waals surface area contributed by atoms with Crippen molar-refractivity contribution in [3.8, 4) is 0 Å².